The summed E-state index contributed by atoms with van der Waals surface area (Å²) in [5.41, 5.74) is 1.00. The molecule has 26 heavy (non-hydrogen) atoms. The molecule has 1 aromatic carbocycles. The van der Waals surface area contributed by atoms with Gasteiger partial charge in [-0.2, -0.15) is 0 Å². The summed E-state index contributed by atoms with van der Waals surface area (Å²) in [7, 11) is 0. The number of aliphatic hydroxyl groups is 1. The van der Waals surface area contributed by atoms with Crippen LogP contribution < -0.4 is 5.32 Å². The van der Waals surface area contributed by atoms with E-state index in [9.17, 15) is 9.18 Å². The number of hydrogen-bond donors (Lipinski definition) is 2. The Morgan fingerprint density at radius 1 is 1.31 bits per heavy atom. The maximum atomic E-state index is 13.8. The maximum Gasteiger partial charge on any atom is 0.273 e. The van der Waals surface area contributed by atoms with Crippen LogP contribution >= 0.6 is 0 Å². The van der Waals surface area contributed by atoms with Crippen molar-refractivity contribution in [2.24, 2.45) is 0 Å². The van der Waals surface area contributed by atoms with Gasteiger partial charge in [0, 0.05) is 38.3 Å². The number of rotatable bonds is 7. The fraction of sp³-hybridized carbons (Fsp3) is 0.500. The molecular weight excluding hydrogens is 337 g/mol. The lowest BCUT2D eigenvalue weighted by atomic mass is 10.0. The van der Waals surface area contributed by atoms with Gasteiger partial charge in [-0.15, -0.1) is 5.10 Å². The summed E-state index contributed by atoms with van der Waals surface area (Å²) in [5.74, 6) is -0.440. The molecule has 0 atom stereocenters. The van der Waals surface area contributed by atoms with Crippen LogP contribution in [0, 0.1) is 5.82 Å². The van der Waals surface area contributed by atoms with Crippen molar-refractivity contribution >= 4 is 5.91 Å². The van der Waals surface area contributed by atoms with E-state index >= 15 is 0 Å². The third-order valence-electron chi connectivity index (χ3n) is 4.65. The lowest BCUT2D eigenvalue weighted by molar-refractivity contribution is 0.0946. The highest BCUT2D eigenvalue weighted by molar-refractivity contribution is 5.91. The van der Waals surface area contributed by atoms with Gasteiger partial charge in [0.05, 0.1) is 12.2 Å². The van der Waals surface area contributed by atoms with E-state index in [1.807, 2.05) is 12.1 Å². The molecule has 0 saturated carbocycles. The second-order valence-corrected chi connectivity index (χ2v) is 6.52. The third kappa shape index (κ3) is 4.64. The van der Waals surface area contributed by atoms with E-state index < -0.39 is 0 Å². The first-order valence-electron chi connectivity index (χ1n) is 8.94. The molecule has 1 saturated heterocycles. The number of benzene rings is 1. The van der Waals surface area contributed by atoms with Crippen molar-refractivity contribution in [3.63, 3.8) is 0 Å². The second-order valence-electron chi connectivity index (χ2n) is 6.52. The van der Waals surface area contributed by atoms with Crippen molar-refractivity contribution in [3.8, 4) is 0 Å². The van der Waals surface area contributed by atoms with Crippen molar-refractivity contribution in [2.75, 3.05) is 26.2 Å². The third-order valence-corrected chi connectivity index (χ3v) is 4.65. The van der Waals surface area contributed by atoms with Gasteiger partial charge in [-0.3, -0.25) is 9.69 Å². The molecule has 1 aliphatic heterocycles. The van der Waals surface area contributed by atoms with Crippen molar-refractivity contribution in [1.82, 2.24) is 25.2 Å². The first-order valence-corrected chi connectivity index (χ1v) is 8.94. The zero-order chi connectivity index (χ0) is 18.4. The Balaban J connectivity index is 1.50. The second kappa shape index (κ2) is 8.86. The van der Waals surface area contributed by atoms with Crippen LogP contribution in [0.4, 0.5) is 4.39 Å². The molecule has 1 fully saturated rings. The summed E-state index contributed by atoms with van der Waals surface area (Å²) in [6.45, 7) is 2.75. The van der Waals surface area contributed by atoms with E-state index in [2.05, 4.69) is 20.5 Å². The zero-order valence-corrected chi connectivity index (χ0v) is 14.6. The minimum atomic E-state index is -0.276. The van der Waals surface area contributed by atoms with Crippen LogP contribution in [-0.4, -0.2) is 57.1 Å². The largest absolute Gasteiger partial charge is 0.396 e. The van der Waals surface area contributed by atoms with Crippen LogP contribution in [0.1, 0.15) is 41.4 Å². The molecular formula is C18H24FN5O2. The normalized spacial score (nSPS) is 15.9. The molecule has 0 unspecified atom stereocenters. The highest BCUT2D eigenvalue weighted by Gasteiger charge is 2.23. The number of amides is 1. The molecule has 0 radical (unpaired) electrons. The molecule has 3 rings (SSSR count). The number of likely N-dealkylation sites (tertiary alicyclic amines) is 1. The lowest BCUT2D eigenvalue weighted by Crippen LogP contribution is -2.34. The summed E-state index contributed by atoms with van der Waals surface area (Å²) in [6, 6.07) is 7.06. The minimum Gasteiger partial charge on any atom is -0.396 e. The average Bonchev–Trinajstić information content (AvgIpc) is 3.15. The number of halogens is 1. The summed E-state index contributed by atoms with van der Waals surface area (Å²) in [6.07, 6.45) is 3.94. The van der Waals surface area contributed by atoms with Crippen LogP contribution in [-0.2, 0) is 6.54 Å². The van der Waals surface area contributed by atoms with Crippen LogP contribution in [0.3, 0.4) is 0 Å². The molecule has 8 heteroatoms. The SMILES string of the molecule is O=C(NCCCO)c1cn(C2CCN(Cc3ccccc3F)CC2)nn1. The van der Waals surface area contributed by atoms with Gasteiger partial charge in [-0.25, -0.2) is 9.07 Å². The predicted octanol–water partition coefficient (Wildman–Crippen LogP) is 1.37. The van der Waals surface area contributed by atoms with E-state index in [0.717, 1.165) is 25.9 Å². The van der Waals surface area contributed by atoms with Crippen molar-refractivity contribution < 1.29 is 14.3 Å². The fourth-order valence-corrected chi connectivity index (χ4v) is 3.14. The number of nitrogens with zero attached hydrogens (tertiary/aromatic N) is 4. The maximum absolute atomic E-state index is 13.8. The fourth-order valence-electron chi connectivity index (χ4n) is 3.14. The van der Waals surface area contributed by atoms with Gasteiger partial charge < -0.3 is 10.4 Å². The van der Waals surface area contributed by atoms with Gasteiger partial charge in [0.2, 0.25) is 0 Å². The molecule has 2 heterocycles. The number of carbonyl (C=O) groups is 1. The standard InChI is InChI=1S/C18H24FN5O2/c19-16-5-2-1-4-14(16)12-23-9-6-15(7-10-23)24-13-17(21-22-24)18(26)20-8-3-11-25/h1-2,4-5,13,15,25H,3,6-12H2,(H,20,26). The Kier molecular flexibility index (Phi) is 6.30. The van der Waals surface area contributed by atoms with E-state index in [-0.39, 0.29) is 30.1 Å². The Hall–Kier alpha value is -2.32. The number of nitrogens with one attached hydrogen (secondary N) is 1. The molecule has 140 valence electrons. The van der Waals surface area contributed by atoms with Gasteiger partial charge in [-0.1, -0.05) is 23.4 Å². The molecule has 2 N–H and O–H groups in total. The molecule has 0 bridgehead atoms. The first-order chi connectivity index (χ1) is 12.7. The Morgan fingerprint density at radius 3 is 2.81 bits per heavy atom. The first kappa shape index (κ1) is 18.5. The highest BCUT2D eigenvalue weighted by atomic mass is 19.1. The summed E-state index contributed by atoms with van der Waals surface area (Å²) in [5, 5.41) is 19.5. The average molecular weight is 361 g/mol. The molecule has 2 aromatic rings. The van der Waals surface area contributed by atoms with Crippen LogP contribution in [0.2, 0.25) is 0 Å². The van der Waals surface area contributed by atoms with Crippen LogP contribution in [0.5, 0.6) is 0 Å². The van der Waals surface area contributed by atoms with Gasteiger partial charge >= 0.3 is 0 Å². The van der Waals surface area contributed by atoms with Gasteiger partial charge in [0.1, 0.15) is 5.82 Å². The molecule has 7 nitrogen and oxygen atoms in total. The smallest absolute Gasteiger partial charge is 0.273 e. The van der Waals surface area contributed by atoms with Crippen molar-refractivity contribution in [2.45, 2.75) is 31.8 Å². The number of hydrogen-bond acceptors (Lipinski definition) is 5. The van der Waals surface area contributed by atoms with Crippen molar-refractivity contribution in [1.29, 1.82) is 0 Å². The lowest BCUT2D eigenvalue weighted by Gasteiger charge is -2.31. The van der Waals surface area contributed by atoms with Crippen LogP contribution in [0.15, 0.2) is 30.5 Å². The topological polar surface area (TPSA) is 83.3 Å². The van der Waals surface area contributed by atoms with E-state index in [1.54, 1.807) is 16.9 Å². The highest BCUT2D eigenvalue weighted by Crippen LogP contribution is 2.23. The van der Waals surface area contributed by atoms with E-state index in [4.69, 9.17) is 5.11 Å². The summed E-state index contributed by atoms with van der Waals surface area (Å²) >= 11 is 0. The summed E-state index contributed by atoms with van der Waals surface area (Å²) in [4.78, 5) is 14.2. The molecule has 1 amide bonds. The molecule has 1 aromatic heterocycles. The quantitative estimate of drug-likeness (QED) is 0.728. The van der Waals surface area contributed by atoms with Gasteiger partial charge in [0.15, 0.2) is 5.69 Å². The minimum absolute atomic E-state index is 0.0401. The Labute approximate surface area is 151 Å². The molecule has 0 spiro atoms. The molecule has 0 aliphatic carbocycles. The zero-order valence-electron chi connectivity index (χ0n) is 14.6. The Bertz CT molecular complexity index is 728. The molecule has 1 aliphatic rings. The predicted molar refractivity (Wildman–Crippen MR) is 94.0 cm³/mol. The Morgan fingerprint density at radius 2 is 2.08 bits per heavy atom. The summed E-state index contributed by atoms with van der Waals surface area (Å²) < 4.78 is 15.5. The monoisotopic (exact) mass is 361 g/mol. The van der Waals surface area contributed by atoms with E-state index in [1.165, 1.54) is 6.07 Å². The number of carbonyl (C=O) groups excluding carboxylic acids is 1. The van der Waals surface area contributed by atoms with Gasteiger partial charge in [-0.05, 0) is 25.3 Å². The number of piperidine rings is 1. The van der Waals surface area contributed by atoms with E-state index in [0.29, 0.717) is 25.1 Å². The van der Waals surface area contributed by atoms with Crippen molar-refractivity contribution in [3.05, 3.63) is 47.5 Å². The van der Waals surface area contributed by atoms with Gasteiger partial charge in [0.25, 0.3) is 5.91 Å². The number of aliphatic hydroxyl groups excluding tert-OH is 1. The number of aromatic nitrogens is 3. The van der Waals surface area contributed by atoms with Crippen LogP contribution in [0.25, 0.3) is 0 Å².